The SMILES string of the molecule is COC(=O)c1sc(NC(=O)CSc2nnc(-c3cccs3)n2CC2CCCO2)c(C(=O)OC)c1C. The second-order valence-electron chi connectivity index (χ2n) is 7.61. The van der Waals surface area contributed by atoms with Gasteiger partial charge in [-0.05, 0) is 36.8 Å². The minimum absolute atomic E-state index is 0.0270. The van der Waals surface area contributed by atoms with Gasteiger partial charge in [-0.1, -0.05) is 17.8 Å². The van der Waals surface area contributed by atoms with E-state index in [9.17, 15) is 14.4 Å². The van der Waals surface area contributed by atoms with Crippen molar-refractivity contribution < 1.29 is 28.6 Å². The second kappa shape index (κ2) is 11.3. The maximum atomic E-state index is 12.8. The van der Waals surface area contributed by atoms with Crippen molar-refractivity contribution >= 4 is 57.3 Å². The lowest BCUT2D eigenvalue weighted by Gasteiger charge is -2.14. The van der Waals surface area contributed by atoms with Crippen molar-refractivity contribution in [3.8, 4) is 10.7 Å². The number of ether oxygens (including phenoxy) is 3. The molecule has 35 heavy (non-hydrogen) atoms. The Morgan fingerprint density at radius 3 is 2.71 bits per heavy atom. The van der Waals surface area contributed by atoms with E-state index in [2.05, 4.69) is 15.5 Å². The molecule has 1 unspecified atom stereocenters. The van der Waals surface area contributed by atoms with Gasteiger partial charge in [-0.15, -0.1) is 32.9 Å². The summed E-state index contributed by atoms with van der Waals surface area (Å²) in [6.07, 6.45) is 2.05. The van der Waals surface area contributed by atoms with Crippen LogP contribution < -0.4 is 5.32 Å². The van der Waals surface area contributed by atoms with E-state index in [0.29, 0.717) is 17.3 Å². The Morgan fingerprint density at radius 2 is 2.06 bits per heavy atom. The first-order valence-corrected chi connectivity index (χ1v) is 13.4. The molecule has 0 saturated carbocycles. The van der Waals surface area contributed by atoms with Gasteiger partial charge in [0.15, 0.2) is 11.0 Å². The van der Waals surface area contributed by atoms with Gasteiger partial charge in [-0.2, -0.15) is 0 Å². The van der Waals surface area contributed by atoms with E-state index in [4.69, 9.17) is 14.2 Å². The summed E-state index contributed by atoms with van der Waals surface area (Å²) in [7, 11) is 2.50. The number of nitrogens with zero attached hydrogens (tertiary/aromatic N) is 3. The number of rotatable bonds is 9. The third kappa shape index (κ3) is 5.58. The molecule has 0 aliphatic carbocycles. The Hall–Kier alpha value is -2.74. The van der Waals surface area contributed by atoms with Crippen LogP contribution in [0.25, 0.3) is 10.7 Å². The van der Waals surface area contributed by atoms with Crippen LogP contribution in [0.15, 0.2) is 22.7 Å². The van der Waals surface area contributed by atoms with Crippen LogP contribution in [0.2, 0.25) is 0 Å². The first kappa shape index (κ1) is 25.4. The number of amides is 1. The predicted molar refractivity (Wildman–Crippen MR) is 133 cm³/mol. The van der Waals surface area contributed by atoms with E-state index in [0.717, 1.165) is 41.5 Å². The molecule has 1 aliphatic heterocycles. The summed E-state index contributed by atoms with van der Waals surface area (Å²) in [5.74, 6) is -0.825. The van der Waals surface area contributed by atoms with E-state index in [1.807, 2.05) is 22.1 Å². The largest absolute Gasteiger partial charge is 0.465 e. The van der Waals surface area contributed by atoms with Gasteiger partial charge in [-0.3, -0.25) is 9.36 Å². The van der Waals surface area contributed by atoms with Crippen molar-refractivity contribution in [1.29, 1.82) is 0 Å². The van der Waals surface area contributed by atoms with E-state index >= 15 is 0 Å². The van der Waals surface area contributed by atoms with E-state index in [1.165, 1.54) is 26.0 Å². The van der Waals surface area contributed by atoms with E-state index in [1.54, 1.807) is 18.3 Å². The number of thiophene rings is 2. The van der Waals surface area contributed by atoms with Gasteiger partial charge in [0.25, 0.3) is 0 Å². The maximum Gasteiger partial charge on any atom is 0.348 e. The van der Waals surface area contributed by atoms with Crippen LogP contribution >= 0.6 is 34.4 Å². The number of esters is 2. The molecule has 0 spiro atoms. The lowest BCUT2D eigenvalue weighted by atomic mass is 10.1. The molecule has 0 radical (unpaired) electrons. The summed E-state index contributed by atoms with van der Waals surface area (Å²) >= 11 is 3.78. The molecular weight excluding hydrogens is 512 g/mol. The van der Waals surface area contributed by atoms with Crippen LogP contribution in [-0.2, 0) is 25.5 Å². The molecule has 186 valence electrons. The molecule has 3 aromatic rings. The quantitative estimate of drug-likeness (QED) is 0.321. The van der Waals surface area contributed by atoms with Gasteiger partial charge < -0.3 is 19.5 Å². The summed E-state index contributed by atoms with van der Waals surface area (Å²) < 4.78 is 17.4. The zero-order chi connectivity index (χ0) is 24.9. The van der Waals surface area contributed by atoms with Crippen LogP contribution in [-0.4, -0.2) is 65.3 Å². The third-order valence-electron chi connectivity index (χ3n) is 5.36. The predicted octanol–water partition coefficient (Wildman–Crippen LogP) is 3.86. The summed E-state index contributed by atoms with van der Waals surface area (Å²) in [6.45, 7) is 2.95. The molecule has 1 aliphatic rings. The van der Waals surface area contributed by atoms with Gasteiger partial charge in [0.1, 0.15) is 9.88 Å². The Kier molecular flexibility index (Phi) is 8.21. The third-order valence-corrected chi connectivity index (χ3v) is 8.38. The van der Waals surface area contributed by atoms with Crippen molar-refractivity contribution in [3.05, 3.63) is 33.5 Å². The number of hydrogen-bond donors (Lipinski definition) is 1. The molecule has 13 heteroatoms. The molecule has 1 atom stereocenters. The monoisotopic (exact) mass is 536 g/mol. The van der Waals surface area contributed by atoms with Crippen LogP contribution in [0.5, 0.6) is 0 Å². The summed E-state index contributed by atoms with van der Waals surface area (Å²) in [5, 5.41) is 14.2. The number of aromatic nitrogens is 3. The summed E-state index contributed by atoms with van der Waals surface area (Å²) in [4.78, 5) is 38.4. The van der Waals surface area contributed by atoms with Crippen molar-refractivity contribution in [2.24, 2.45) is 0 Å². The van der Waals surface area contributed by atoms with Crippen LogP contribution in [0, 0.1) is 6.92 Å². The highest BCUT2D eigenvalue weighted by molar-refractivity contribution is 7.99. The minimum atomic E-state index is -0.645. The van der Waals surface area contributed by atoms with E-state index in [-0.39, 0.29) is 33.2 Å². The minimum Gasteiger partial charge on any atom is -0.465 e. The summed E-state index contributed by atoms with van der Waals surface area (Å²) in [5.41, 5.74) is 0.534. The molecule has 4 rings (SSSR count). The molecule has 1 amide bonds. The fraction of sp³-hybridized carbons (Fsp3) is 0.409. The van der Waals surface area contributed by atoms with Gasteiger partial charge in [0, 0.05) is 6.61 Å². The number of hydrogen-bond acceptors (Lipinski definition) is 11. The van der Waals surface area contributed by atoms with Crippen LogP contribution in [0.1, 0.15) is 38.4 Å². The van der Waals surface area contributed by atoms with Gasteiger partial charge >= 0.3 is 11.9 Å². The van der Waals surface area contributed by atoms with Crippen molar-refractivity contribution in [2.75, 3.05) is 31.9 Å². The number of nitrogens with one attached hydrogen (secondary N) is 1. The van der Waals surface area contributed by atoms with Crippen molar-refractivity contribution in [2.45, 2.75) is 37.6 Å². The maximum absolute atomic E-state index is 12.8. The highest BCUT2D eigenvalue weighted by atomic mass is 32.2. The highest BCUT2D eigenvalue weighted by Gasteiger charge is 2.27. The fourth-order valence-corrected chi connectivity index (χ4v) is 6.26. The normalized spacial score (nSPS) is 15.2. The van der Waals surface area contributed by atoms with Gasteiger partial charge in [0.05, 0.1) is 43.1 Å². The lowest BCUT2D eigenvalue weighted by molar-refractivity contribution is -0.113. The topological polar surface area (TPSA) is 122 Å². The number of carbonyl (C=O) groups excluding carboxylic acids is 3. The summed E-state index contributed by atoms with van der Waals surface area (Å²) in [6, 6.07) is 3.93. The van der Waals surface area contributed by atoms with Crippen molar-refractivity contribution in [1.82, 2.24) is 14.8 Å². The van der Waals surface area contributed by atoms with Crippen molar-refractivity contribution in [3.63, 3.8) is 0 Å². The Labute approximate surface area is 214 Å². The van der Waals surface area contributed by atoms with E-state index < -0.39 is 11.9 Å². The number of anilines is 1. The molecule has 0 aromatic carbocycles. The Balaban J connectivity index is 1.51. The lowest BCUT2D eigenvalue weighted by Crippen LogP contribution is -2.18. The average molecular weight is 537 g/mol. The standard InChI is InChI=1S/C22H24N4O6S3/c1-12-16(20(28)30-2)19(35-17(12)21(29)31-3)23-15(27)11-34-22-25-24-18(14-7-5-9-33-14)26(22)10-13-6-4-8-32-13/h5,7,9,13H,4,6,8,10-11H2,1-3H3,(H,23,27). The molecule has 1 saturated heterocycles. The molecule has 4 heterocycles. The van der Waals surface area contributed by atoms with Gasteiger partial charge in [-0.25, -0.2) is 9.59 Å². The van der Waals surface area contributed by atoms with Crippen LogP contribution in [0.4, 0.5) is 5.00 Å². The Morgan fingerprint density at radius 1 is 1.26 bits per heavy atom. The highest BCUT2D eigenvalue weighted by Crippen LogP contribution is 2.35. The molecular formula is C22H24N4O6S3. The molecule has 1 fully saturated rings. The average Bonchev–Trinajstić information content (AvgIpc) is 3.65. The van der Waals surface area contributed by atoms with Gasteiger partial charge in [0.2, 0.25) is 5.91 Å². The molecule has 1 N–H and O–H groups in total. The molecule has 3 aromatic heterocycles. The Bertz CT molecular complexity index is 1210. The van der Waals surface area contributed by atoms with Crippen LogP contribution in [0.3, 0.4) is 0 Å². The molecule has 0 bridgehead atoms. The fourth-order valence-electron chi connectivity index (χ4n) is 3.67. The number of thioether (sulfide) groups is 1. The second-order valence-corrected chi connectivity index (χ2v) is 10.5. The number of methoxy groups -OCH3 is 2. The smallest absolute Gasteiger partial charge is 0.348 e. The number of carbonyl (C=O) groups is 3. The zero-order valence-corrected chi connectivity index (χ0v) is 21.8. The first-order chi connectivity index (χ1) is 16.9. The first-order valence-electron chi connectivity index (χ1n) is 10.7. The zero-order valence-electron chi connectivity index (χ0n) is 19.4. The molecule has 10 nitrogen and oxygen atoms in total.